The van der Waals surface area contributed by atoms with Crippen molar-refractivity contribution in [2.75, 3.05) is 24.7 Å². The number of nitrogen functional groups attached to an aromatic ring is 2. The lowest BCUT2D eigenvalue weighted by Gasteiger charge is -2.23. The molecule has 1 heterocycles. The smallest absolute Gasteiger partial charge is 0.221 e. The Labute approximate surface area is 199 Å². The number of rotatable bonds is 9. The predicted molar refractivity (Wildman–Crippen MR) is 132 cm³/mol. The molecule has 2 aromatic carbocycles. The maximum Gasteiger partial charge on any atom is 0.221 e. The van der Waals surface area contributed by atoms with Crippen LogP contribution in [-0.4, -0.2) is 28.3 Å². The van der Waals surface area contributed by atoms with Crippen molar-refractivity contribution < 1.29 is 14.6 Å². The molecule has 0 aliphatic heterocycles. The molecule has 8 nitrogen and oxygen atoms in total. The van der Waals surface area contributed by atoms with Crippen molar-refractivity contribution in [1.29, 1.82) is 5.26 Å². The number of benzene rings is 2. The van der Waals surface area contributed by atoms with E-state index in [1.165, 1.54) is 6.08 Å². The minimum absolute atomic E-state index is 0.121. The number of aromatic hydroxyl groups is 1. The van der Waals surface area contributed by atoms with E-state index in [4.69, 9.17) is 26.2 Å². The van der Waals surface area contributed by atoms with Gasteiger partial charge in [-0.2, -0.15) is 10.2 Å². The van der Waals surface area contributed by atoms with Crippen molar-refractivity contribution in [2.45, 2.75) is 27.2 Å². The van der Waals surface area contributed by atoms with Crippen LogP contribution in [0.3, 0.4) is 0 Å². The topological polar surface area (TPSA) is 140 Å². The number of hydrogen-bond acceptors (Lipinski definition) is 8. The molecule has 1 aromatic heterocycles. The number of nitriles is 1. The zero-order valence-electron chi connectivity index (χ0n) is 19.6. The van der Waals surface area contributed by atoms with Gasteiger partial charge in [0.1, 0.15) is 23.1 Å². The lowest BCUT2D eigenvalue weighted by molar-refractivity contribution is 0.221. The number of phenols is 1. The summed E-state index contributed by atoms with van der Waals surface area (Å²) < 4.78 is 12.3. The molecule has 0 atom stereocenters. The van der Waals surface area contributed by atoms with E-state index < -0.39 is 0 Å². The van der Waals surface area contributed by atoms with Crippen LogP contribution in [0.1, 0.15) is 31.9 Å². The lowest BCUT2D eigenvalue weighted by Crippen LogP contribution is -2.19. The fraction of sp³-hybridized carbons (Fsp3) is 0.269. The number of allylic oxidation sites excluding steroid dienone is 1. The van der Waals surface area contributed by atoms with Crippen LogP contribution < -0.4 is 20.9 Å². The Morgan fingerprint density at radius 2 is 1.79 bits per heavy atom. The van der Waals surface area contributed by atoms with Crippen molar-refractivity contribution in [3.05, 3.63) is 65.9 Å². The third-order valence-corrected chi connectivity index (χ3v) is 5.10. The molecule has 0 unspecified atom stereocenters. The minimum Gasteiger partial charge on any atom is -0.508 e. The molecule has 0 aliphatic carbocycles. The molecule has 0 spiro atoms. The Kier molecular flexibility index (Phi) is 7.59. The first-order chi connectivity index (χ1) is 16.2. The molecule has 34 heavy (non-hydrogen) atoms. The number of anilines is 2. The van der Waals surface area contributed by atoms with Crippen LogP contribution in [0.4, 0.5) is 11.8 Å². The van der Waals surface area contributed by atoms with Gasteiger partial charge in [-0.15, -0.1) is 0 Å². The molecule has 0 amide bonds. The molecule has 0 bridgehead atoms. The molecule has 5 N–H and O–H groups in total. The van der Waals surface area contributed by atoms with Gasteiger partial charge >= 0.3 is 0 Å². The summed E-state index contributed by atoms with van der Waals surface area (Å²) in [4.78, 5) is 8.10. The van der Waals surface area contributed by atoms with E-state index in [0.29, 0.717) is 37.0 Å². The second-order valence-electron chi connectivity index (χ2n) is 8.50. The fourth-order valence-electron chi connectivity index (χ4n) is 3.41. The van der Waals surface area contributed by atoms with Crippen LogP contribution in [0.5, 0.6) is 17.2 Å². The maximum atomic E-state index is 9.76. The van der Waals surface area contributed by atoms with E-state index >= 15 is 0 Å². The molecule has 0 aliphatic rings. The lowest BCUT2D eigenvalue weighted by atomic mass is 9.94. The second-order valence-corrected chi connectivity index (χ2v) is 8.50. The Balaban J connectivity index is 2.09. The van der Waals surface area contributed by atoms with E-state index in [-0.39, 0.29) is 17.1 Å². The molecule has 0 radical (unpaired) electrons. The van der Waals surface area contributed by atoms with Gasteiger partial charge in [0, 0.05) is 29.7 Å². The first-order valence-electron chi connectivity index (χ1n) is 10.9. The molecule has 0 fully saturated rings. The predicted octanol–water partition coefficient (Wildman–Crippen LogP) is 4.49. The average Bonchev–Trinajstić information content (AvgIpc) is 2.79. The Hall–Kier alpha value is -4.25. The Morgan fingerprint density at radius 3 is 2.41 bits per heavy atom. The summed E-state index contributed by atoms with van der Waals surface area (Å²) in [5.41, 5.74) is 14.5. The van der Waals surface area contributed by atoms with Crippen LogP contribution in [0, 0.1) is 16.7 Å². The molecule has 3 aromatic rings. The minimum atomic E-state index is -0.376. The van der Waals surface area contributed by atoms with Gasteiger partial charge in [-0.25, -0.2) is 4.98 Å². The van der Waals surface area contributed by atoms with E-state index in [1.54, 1.807) is 18.3 Å². The van der Waals surface area contributed by atoms with Crippen molar-refractivity contribution in [3.63, 3.8) is 0 Å². The van der Waals surface area contributed by atoms with Gasteiger partial charge in [-0.1, -0.05) is 32.1 Å². The Morgan fingerprint density at radius 1 is 1.12 bits per heavy atom. The van der Waals surface area contributed by atoms with Gasteiger partial charge in [-0.3, -0.25) is 0 Å². The van der Waals surface area contributed by atoms with E-state index in [2.05, 4.69) is 9.97 Å². The van der Waals surface area contributed by atoms with E-state index in [9.17, 15) is 5.11 Å². The molecular formula is C26H29N5O3. The third-order valence-electron chi connectivity index (χ3n) is 5.10. The normalized spacial score (nSPS) is 11.4. The Bertz CT molecular complexity index is 1210. The number of ether oxygens (including phenoxy) is 2. The quantitative estimate of drug-likeness (QED) is 0.398. The van der Waals surface area contributed by atoms with Crippen molar-refractivity contribution in [1.82, 2.24) is 9.97 Å². The van der Waals surface area contributed by atoms with Crippen molar-refractivity contribution >= 4 is 11.8 Å². The number of aromatic nitrogens is 2. The zero-order chi connectivity index (χ0) is 24.7. The van der Waals surface area contributed by atoms with Crippen LogP contribution in [-0.2, 0) is 6.42 Å². The standard InChI is InChI=1S/C26H29N5O3/c1-4-33-21-13-17(12-19-15-30-25(29)31-24(19)28)14-22(34-16-26(2,3)10-5-11-27)23(21)18-6-8-20(32)9-7-18/h5-10,13-15,32H,4,12,16H2,1-3H3,(H4,28,29,30,31)/b10-5+. The summed E-state index contributed by atoms with van der Waals surface area (Å²) in [6.45, 7) is 6.67. The summed E-state index contributed by atoms with van der Waals surface area (Å²) in [5.74, 6) is 1.86. The highest BCUT2D eigenvalue weighted by molar-refractivity contribution is 5.78. The van der Waals surface area contributed by atoms with Crippen LogP contribution >= 0.6 is 0 Å². The van der Waals surface area contributed by atoms with Crippen LogP contribution in [0.25, 0.3) is 11.1 Å². The highest BCUT2D eigenvalue weighted by Gasteiger charge is 2.20. The number of nitrogens with two attached hydrogens (primary N) is 2. The van der Waals surface area contributed by atoms with Crippen LogP contribution in [0.15, 0.2) is 54.7 Å². The maximum absolute atomic E-state index is 9.76. The first-order valence-corrected chi connectivity index (χ1v) is 10.9. The summed E-state index contributed by atoms with van der Waals surface area (Å²) in [6.07, 6.45) is 5.33. The number of phenolic OH excluding ortho intramolecular Hbond substituents is 1. The van der Waals surface area contributed by atoms with Gasteiger partial charge in [0.2, 0.25) is 5.95 Å². The van der Waals surface area contributed by atoms with Crippen molar-refractivity contribution in [2.24, 2.45) is 5.41 Å². The van der Waals surface area contributed by atoms with E-state index in [0.717, 1.165) is 22.3 Å². The molecule has 176 valence electrons. The van der Waals surface area contributed by atoms with Crippen molar-refractivity contribution in [3.8, 4) is 34.4 Å². The SMILES string of the molecule is CCOc1cc(Cc2cnc(N)nc2N)cc(OCC(C)(C)/C=C/C#N)c1-c1ccc(O)cc1. The highest BCUT2D eigenvalue weighted by atomic mass is 16.5. The average molecular weight is 460 g/mol. The summed E-state index contributed by atoms with van der Waals surface area (Å²) >= 11 is 0. The monoisotopic (exact) mass is 459 g/mol. The molecular weight excluding hydrogens is 430 g/mol. The number of hydrogen-bond donors (Lipinski definition) is 3. The van der Waals surface area contributed by atoms with Crippen LogP contribution in [0.2, 0.25) is 0 Å². The van der Waals surface area contributed by atoms with E-state index in [1.807, 2.05) is 57.2 Å². The van der Waals surface area contributed by atoms with Gasteiger partial charge in [-0.05, 0) is 42.3 Å². The molecule has 8 heteroatoms. The molecule has 0 saturated carbocycles. The highest BCUT2D eigenvalue weighted by Crippen LogP contribution is 2.41. The fourth-order valence-corrected chi connectivity index (χ4v) is 3.41. The van der Waals surface area contributed by atoms with Gasteiger partial charge in [0.05, 0.1) is 24.8 Å². The summed E-state index contributed by atoms with van der Waals surface area (Å²) in [7, 11) is 0. The summed E-state index contributed by atoms with van der Waals surface area (Å²) in [6, 6.07) is 12.8. The molecule has 0 saturated heterocycles. The zero-order valence-corrected chi connectivity index (χ0v) is 19.6. The largest absolute Gasteiger partial charge is 0.508 e. The second kappa shape index (κ2) is 10.6. The first kappa shape index (κ1) is 24.4. The van der Waals surface area contributed by atoms with Gasteiger partial charge in [0.15, 0.2) is 0 Å². The summed E-state index contributed by atoms with van der Waals surface area (Å²) in [5, 5.41) is 18.7. The number of nitrogens with zero attached hydrogens (tertiary/aromatic N) is 3. The third kappa shape index (κ3) is 6.17. The van der Waals surface area contributed by atoms with Gasteiger partial charge < -0.3 is 26.0 Å². The van der Waals surface area contributed by atoms with Gasteiger partial charge in [0.25, 0.3) is 0 Å². The molecule has 3 rings (SSSR count).